The Balaban J connectivity index is 1.52. The highest BCUT2D eigenvalue weighted by Crippen LogP contribution is 2.23. The maximum atomic E-state index is 12.9. The summed E-state index contributed by atoms with van der Waals surface area (Å²) in [4.78, 5) is 14.8. The number of aryl methyl sites for hydroxylation is 1. The van der Waals surface area contributed by atoms with Crippen molar-refractivity contribution in [2.75, 3.05) is 11.9 Å². The molecule has 0 atom stereocenters. The minimum Gasteiger partial charge on any atom is -0.337 e. The number of aromatic nitrogens is 3. The highest BCUT2D eigenvalue weighted by molar-refractivity contribution is 5.97. The summed E-state index contributed by atoms with van der Waals surface area (Å²) in [5, 5.41) is 14.0. The Kier molecular flexibility index (Phi) is 4.39. The number of H-pyrrole nitrogens is 1. The van der Waals surface area contributed by atoms with Crippen LogP contribution < -0.4 is 5.32 Å². The van der Waals surface area contributed by atoms with Crippen LogP contribution in [0.2, 0.25) is 0 Å². The van der Waals surface area contributed by atoms with Crippen LogP contribution in [-0.4, -0.2) is 32.8 Å². The molecule has 132 valence electrons. The predicted molar refractivity (Wildman–Crippen MR) is 100 cm³/mol. The van der Waals surface area contributed by atoms with Crippen molar-refractivity contribution in [3.8, 4) is 0 Å². The summed E-state index contributed by atoms with van der Waals surface area (Å²) in [5.41, 5.74) is 4.98. The van der Waals surface area contributed by atoms with Crippen LogP contribution in [0, 0.1) is 0 Å². The van der Waals surface area contributed by atoms with Gasteiger partial charge in [0.05, 0.1) is 0 Å². The Morgan fingerprint density at radius 3 is 2.65 bits per heavy atom. The topological polar surface area (TPSA) is 73.9 Å². The fraction of sp³-hybridized carbons (Fsp3) is 0.250. The van der Waals surface area contributed by atoms with Gasteiger partial charge >= 0.3 is 0 Å². The molecule has 4 rings (SSSR count). The van der Waals surface area contributed by atoms with Gasteiger partial charge in [-0.15, -0.1) is 10.2 Å². The molecule has 0 radical (unpaired) electrons. The monoisotopic (exact) mass is 347 g/mol. The van der Waals surface area contributed by atoms with Gasteiger partial charge in [-0.2, -0.15) is 5.21 Å². The minimum atomic E-state index is -0.110. The first kappa shape index (κ1) is 16.3. The van der Waals surface area contributed by atoms with Gasteiger partial charge in [0.2, 0.25) is 0 Å². The molecule has 1 aliphatic heterocycles. The number of anilines is 2. The Bertz CT molecular complexity index is 916. The van der Waals surface area contributed by atoms with Crippen LogP contribution in [0.3, 0.4) is 0 Å². The van der Waals surface area contributed by atoms with E-state index in [-0.39, 0.29) is 5.91 Å². The van der Waals surface area contributed by atoms with Gasteiger partial charge in [0.1, 0.15) is 0 Å². The highest BCUT2D eigenvalue weighted by Gasteiger charge is 2.26. The smallest absolute Gasteiger partial charge is 0.278 e. The van der Waals surface area contributed by atoms with Crippen LogP contribution in [0.15, 0.2) is 48.5 Å². The van der Waals surface area contributed by atoms with E-state index in [1.54, 1.807) is 0 Å². The van der Waals surface area contributed by atoms with Crippen molar-refractivity contribution in [3.05, 3.63) is 70.9 Å². The van der Waals surface area contributed by atoms with Crippen LogP contribution in [-0.2, 0) is 19.4 Å². The van der Waals surface area contributed by atoms with Gasteiger partial charge in [0.15, 0.2) is 11.5 Å². The molecule has 1 aliphatic rings. The lowest BCUT2D eigenvalue weighted by Gasteiger charge is -2.28. The number of nitrogens with one attached hydrogen (secondary N) is 2. The third-order valence-electron chi connectivity index (χ3n) is 4.79. The zero-order valence-corrected chi connectivity index (χ0v) is 14.7. The van der Waals surface area contributed by atoms with Gasteiger partial charge in [-0.3, -0.25) is 4.79 Å². The third kappa shape index (κ3) is 3.18. The Morgan fingerprint density at radius 2 is 1.88 bits per heavy atom. The molecule has 0 unspecified atom stereocenters. The predicted octanol–water partition coefficient (Wildman–Crippen LogP) is 3.31. The van der Waals surface area contributed by atoms with E-state index in [4.69, 9.17) is 0 Å². The van der Waals surface area contributed by atoms with E-state index in [1.165, 1.54) is 16.7 Å². The lowest BCUT2D eigenvalue weighted by Crippen LogP contribution is -2.36. The molecule has 26 heavy (non-hydrogen) atoms. The van der Waals surface area contributed by atoms with Gasteiger partial charge in [-0.1, -0.05) is 43.3 Å². The van der Waals surface area contributed by atoms with Crippen molar-refractivity contribution < 1.29 is 4.79 Å². The highest BCUT2D eigenvalue weighted by atomic mass is 16.2. The van der Waals surface area contributed by atoms with Crippen LogP contribution in [0.25, 0.3) is 0 Å². The van der Waals surface area contributed by atoms with Crippen molar-refractivity contribution in [2.24, 2.45) is 0 Å². The van der Waals surface area contributed by atoms with E-state index >= 15 is 0 Å². The number of nitrogens with zero attached hydrogens (tertiary/aromatic N) is 3. The number of rotatable bonds is 4. The molecule has 0 saturated heterocycles. The quantitative estimate of drug-likeness (QED) is 0.759. The second-order valence-electron chi connectivity index (χ2n) is 6.44. The van der Waals surface area contributed by atoms with E-state index in [2.05, 4.69) is 51.9 Å². The van der Waals surface area contributed by atoms with Gasteiger partial charge in [-0.05, 0) is 41.7 Å². The van der Waals surface area contributed by atoms with Gasteiger partial charge in [0.25, 0.3) is 5.91 Å². The number of benzene rings is 2. The average Bonchev–Trinajstić information content (AvgIpc) is 3.15. The molecule has 0 saturated carbocycles. The summed E-state index contributed by atoms with van der Waals surface area (Å²) < 4.78 is 0. The number of amides is 1. The summed E-state index contributed by atoms with van der Waals surface area (Å²) in [6.07, 6.45) is 1.85. The maximum absolute atomic E-state index is 12.9. The molecule has 3 aromatic rings. The number of aromatic amines is 1. The second-order valence-corrected chi connectivity index (χ2v) is 6.44. The standard InChI is InChI=1S/C20H21N5O/c1-2-14-7-9-17(10-8-14)21-19-18(22-24-23-19)20(26)25-12-11-15-5-3-4-6-16(15)13-25/h3-10H,2,11-13H2,1H3,(H2,21,22,23,24). The first-order chi connectivity index (χ1) is 12.7. The number of carbonyl (C=O) groups excluding carboxylic acids is 1. The fourth-order valence-electron chi connectivity index (χ4n) is 3.25. The molecule has 2 aromatic carbocycles. The molecule has 2 N–H and O–H groups in total. The Hall–Kier alpha value is -3.15. The minimum absolute atomic E-state index is 0.110. The van der Waals surface area contributed by atoms with Crippen LogP contribution >= 0.6 is 0 Å². The average molecular weight is 347 g/mol. The Labute approximate surface area is 152 Å². The molecule has 0 aliphatic carbocycles. The maximum Gasteiger partial charge on any atom is 0.278 e. The van der Waals surface area contributed by atoms with E-state index in [0.29, 0.717) is 24.6 Å². The summed E-state index contributed by atoms with van der Waals surface area (Å²) >= 11 is 0. The lowest BCUT2D eigenvalue weighted by atomic mass is 10.00. The number of fused-ring (bicyclic) bond motifs is 1. The fourth-order valence-corrected chi connectivity index (χ4v) is 3.25. The zero-order chi connectivity index (χ0) is 17.9. The van der Waals surface area contributed by atoms with Gasteiger partial charge < -0.3 is 10.2 Å². The molecule has 0 fully saturated rings. The van der Waals surface area contributed by atoms with Crippen molar-refractivity contribution in [2.45, 2.75) is 26.3 Å². The zero-order valence-electron chi connectivity index (χ0n) is 14.7. The molecule has 2 heterocycles. The van der Waals surface area contributed by atoms with E-state index < -0.39 is 0 Å². The first-order valence-corrected chi connectivity index (χ1v) is 8.87. The van der Waals surface area contributed by atoms with Gasteiger partial charge in [0, 0.05) is 18.8 Å². The number of hydrogen-bond acceptors (Lipinski definition) is 4. The molecular formula is C20H21N5O. The molecule has 1 amide bonds. The lowest BCUT2D eigenvalue weighted by molar-refractivity contribution is 0.0729. The second kappa shape index (κ2) is 7.00. The molecule has 6 nitrogen and oxygen atoms in total. The largest absolute Gasteiger partial charge is 0.337 e. The molecular weight excluding hydrogens is 326 g/mol. The summed E-state index contributed by atoms with van der Waals surface area (Å²) in [5.74, 6) is 0.346. The van der Waals surface area contributed by atoms with Crippen LogP contribution in [0.1, 0.15) is 34.1 Å². The molecule has 0 spiro atoms. The summed E-state index contributed by atoms with van der Waals surface area (Å²) in [7, 11) is 0. The third-order valence-corrected chi connectivity index (χ3v) is 4.79. The van der Waals surface area contributed by atoms with Crippen molar-refractivity contribution in [1.29, 1.82) is 0 Å². The van der Waals surface area contributed by atoms with Crippen molar-refractivity contribution in [3.63, 3.8) is 0 Å². The first-order valence-electron chi connectivity index (χ1n) is 8.87. The number of carbonyl (C=O) groups is 1. The SMILES string of the molecule is CCc1ccc(Nc2n[nH]nc2C(=O)N2CCc3ccccc3C2)cc1. The van der Waals surface area contributed by atoms with Crippen molar-refractivity contribution >= 4 is 17.4 Å². The molecule has 6 heteroatoms. The summed E-state index contributed by atoms with van der Waals surface area (Å²) in [6.45, 7) is 3.41. The van der Waals surface area contributed by atoms with Crippen LogP contribution in [0.5, 0.6) is 0 Å². The summed E-state index contributed by atoms with van der Waals surface area (Å²) in [6, 6.07) is 16.3. The van der Waals surface area contributed by atoms with E-state index in [1.807, 2.05) is 29.2 Å². The van der Waals surface area contributed by atoms with Gasteiger partial charge in [-0.25, -0.2) is 0 Å². The molecule has 1 aromatic heterocycles. The van der Waals surface area contributed by atoms with Crippen LogP contribution in [0.4, 0.5) is 11.5 Å². The van der Waals surface area contributed by atoms with Crippen molar-refractivity contribution in [1.82, 2.24) is 20.3 Å². The van der Waals surface area contributed by atoms with E-state index in [0.717, 1.165) is 18.5 Å². The normalized spacial score (nSPS) is 13.3. The Morgan fingerprint density at radius 1 is 1.12 bits per heavy atom. The molecule has 0 bridgehead atoms. The number of hydrogen-bond donors (Lipinski definition) is 2. The van der Waals surface area contributed by atoms with E-state index in [9.17, 15) is 4.79 Å².